The van der Waals surface area contributed by atoms with Gasteiger partial charge in [0.1, 0.15) is 24.5 Å². The van der Waals surface area contributed by atoms with Gasteiger partial charge in [-0.3, -0.25) is 4.79 Å². The molecular weight excluding hydrogens is 584 g/mol. The lowest BCUT2D eigenvalue weighted by Gasteiger charge is -2.32. The number of nitrogens with one attached hydrogen (secondary N) is 1. The summed E-state index contributed by atoms with van der Waals surface area (Å²) in [7, 11) is 3.04. The van der Waals surface area contributed by atoms with Crippen LogP contribution in [-0.2, 0) is 35.0 Å². The van der Waals surface area contributed by atoms with Gasteiger partial charge < -0.3 is 38.5 Å². The number of nitrogens with zero attached hydrogens (tertiary/aromatic N) is 1. The molecule has 248 valence electrons. The zero-order valence-electron chi connectivity index (χ0n) is 27.0. The lowest BCUT2D eigenvalue weighted by atomic mass is 9.86. The second-order valence-electron chi connectivity index (χ2n) is 11.2. The molecule has 1 saturated heterocycles. The van der Waals surface area contributed by atoms with Crippen molar-refractivity contribution in [3.63, 3.8) is 0 Å². The Morgan fingerprint density at radius 1 is 1.09 bits per heavy atom. The SMILES string of the molecule is CCOCC(=O)OCOc1c(OC)ccnc1C(=O)NC1CCCC(Cc2ccc(OC)cc2)C(OCC(C)C)C(C)OC1=O. The van der Waals surface area contributed by atoms with E-state index in [4.69, 9.17) is 33.2 Å². The number of aromatic nitrogens is 1. The van der Waals surface area contributed by atoms with Crippen molar-refractivity contribution in [2.45, 2.75) is 71.6 Å². The van der Waals surface area contributed by atoms with Crippen molar-refractivity contribution in [2.24, 2.45) is 11.8 Å². The third-order valence-electron chi connectivity index (χ3n) is 7.32. The molecule has 1 amide bonds. The zero-order chi connectivity index (χ0) is 32.8. The molecule has 1 N–H and O–H groups in total. The number of cyclic esters (lactones) is 1. The van der Waals surface area contributed by atoms with E-state index in [9.17, 15) is 14.4 Å². The van der Waals surface area contributed by atoms with Gasteiger partial charge in [0.25, 0.3) is 5.91 Å². The molecular formula is C33H46N2O10. The first kappa shape index (κ1) is 35.6. The van der Waals surface area contributed by atoms with Crippen LogP contribution in [-0.4, -0.2) is 81.9 Å². The van der Waals surface area contributed by atoms with Gasteiger partial charge in [-0.05, 0) is 62.6 Å². The first-order valence-electron chi connectivity index (χ1n) is 15.3. The molecule has 1 aliphatic rings. The molecule has 2 heterocycles. The van der Waals surface area contributed by atoms with Crippen molar-refractivity contribution in [1.82, 2.24) is 10.3 Å². The number of rotatable bonds is 15. The number of hydrogen-bond donors (Lipinski definition) is 1. The number of hydrogen-bond acceptors (Lipinski definition) is 11. The number of carbonyl (C=O) groups is 3. The first-order valence-corrected chi connectivity index (χ1v) is 15.3. The summed E-state index contributed by atoms with van der Waals surface area (Å²) in [6.45, 7) is 7.88. The van der Waals surface area contributed by atoms with Gasteiger partial charge in [-0.1, -0.05) is 32.4 Å². The van der Waals surface area contributed by atoms with Crippen LogP contribution in [0, 0.1) is 11.8 Å². The normalized spacial score (nSPS) is 20.3. The van der Waals surface area contributed by atoms with Gasteiger partial charge in [0, 0.05) is 25.5 Å². The quantitative estimate of drug-likeness (QED) is 0.224. The predicted octanol–water partition coefficient (Wildman–Crippen LogP) is 4.13. The Morgan fingerprint density at radius 3 is 2.51 bits per heavy atom. The van der Waals surface area contributed by atoms with Gasteiger partial charge in [-0.2, -0.15) is 0 Å². The van der Waals surface area contributed by atoms with Gasteiger partial charge in [0.2, 0.25) is 6.79 Å². The maximum atomic E-state index is 13.5. The molecule has 12 heteroatoms. The molecule has 1 aromatic carbocycles. The second-order valence-corrected chi connectivity index (χ2v) is 11.2. The van der Waals surface area contributed by atoms with Crippen LogP contribution in [0.3, 0.4) is 0 Å². The Balaban J connectivity index is 1.76. The van der Waals surface area contributed by atoms with E-state index in [0.717, 1.165) is 24.2 Å². The molecule has 0 aliphatic carbocycles. The maximum Gasteiger partial charge on any atom is 0.334 e. The molecule has 0 spiro atoms. The highest BCUT2D eigenvalue weighted by molar-refractivity contribution is 5.98. The molecule has 12 nitrogen and oxygen atoms in total. The van der Waals surface area contributed by atoms with Gasteiger partial charge in [0.05, 0.1) is 20.3 Å². The summed E-state index contributed by atoms with van der Waals surface area (Å²) in [4.78, 5) is 42.8. The van der Waals surface area contributed by atoms with Gasteiger partial charge in [-0.15, -0.1) is 0 Å². The minimum atomic E-state index is -0.935. The van der Waals surface area contributed by atoms with E-state index in [1.54, 1.807) is 14.0 Å². The van der Waals surface area contributed by atoms with Crippen molar-refractivity contribution in [3.8, 4) is 17.2 Å². The lowest BCUT2D eigenvalue weighted by molar-refractivity contribution is -0.161. The average molecular weight is 631 g/mol. The number of benzene rings is 1. The molecule has 0 bridgehead atoms. The summed E-state index contributed by atoms with van der Waals surface area (Å²) in [6.07, 6.45) is 2.96. The monoisotopic (exact) mass is 630 g/mol. The Bertz CT molecular complexity index is 1240. The fourth-order valence-corrected chi connectivity index (χ4v) is 5.07. The van der Waals surface area contributed by atoms with Crippen molar-refractivity contribution < 1.29 is 47.5 Å². The zero-order valence-corrected chi connectivity index (χ0v) is 27.0. The number of ether oxygens (including phenoxy) is 7. The predicted molar refractivity (Wildman–Crippen MR) is 164 cm³/mol. The molecule has 1 aromatic heterocycles. The van der Waals surface area contributed by atoms with E-state index < -0.39 is 36.8 Å². The van der Waals surface area contributed by atoms with Gasteiger partial charge in [-0.25, -0.2) is 14.6 Å². The van der Waals surface area contributed by atoms with E-state index in [1.807, 2.05) is 31.2 Å². The number of amides is 1. The molecule has 45 heavy (non-hydrogen) atoms. The molecule has 2 aromatic rings. The summed E-state index contributed by atoms with van der Waals surface area (Å²) < 4.78 is 38.6. The molecule has 1 fully saturated rings. The lowest BCUT2D eigenvalue weighted by Crippen LogP contribution is -2.45. The third-order valence-corrected chi connectivity index (χ3v) is 7.32. The topological polar surface area (TPSA) is 141 Å². The Labute approximate surface area is 265 Å². The van der Waals surface area contributed by atoms with Crippen LogP contribution in [0.1, 0.15) is 63.0 Å². The van der Waals surface area contributed by atoms with Crippen LogP contribution >= 0.6 is 0 Å². The van der Waals surface area contributed by atoms with Gasteiger partial charge in [0.15, 0.2) is 17.2 Å². The van der Waals surface area contributed by atoms with Crippen LogP contribution in [0.15, 0.2) is 36.5 Å². The minimum absolute atomic E-state index is 0.0341. The van der Waals surface area contributed by atoms with E-state index in [-0.39, 0.29) is 35.8 Å². The van der Waals surface area contributed by atoms with Crippen molar-refractivity contribution in [3.05, 3.63) is 47.8 Å². The van der Waals surface area contributed by atoms with Crippen molar-refractivity contribution >= 4 is 17.8 Å². The molecule has 4 unspecified atom stereocenters. The summed E-state index contributed by atoms with van der Waals surface area (Å²) in [5.74, 6) is -0.539. The minimum Gasteiger partial charge on any atom is -0.497 e. The second kappa shape index (κ2) is 18.2. The largest absolute Gasteiger partial charge is 0.497 e. The summed E-state index contributed by atoms with van der Waals surface area (Å²) >= 11 is 0. The fourth-order valence-electron chi connectivity index (χ4n) is 5.07. The summed E-state index contributed by atoms with van der Waals surface area (Å²) in [6, 6.07) is 8.49. The van der Waals surface area contributed by atoms with Crippen LogP contribution in [0.25, 0.3) is 0 Å². The highest BCUT2D eigenvalue weighted by Crippen LogP contribution is 2.31. The number of pyridine rings is 1. The first-order chi connectivity index (χ1) is 21.7. The van der Waals surface area contributed by atoms with Crippen LogP contribution in [0.5, 0.6) is 17.2 Å². The molecule has 4 atom stereocenters. The van der Waals surface area contributed by atoms with Crippen LogP contribution < -0.4 is 19.5 Å². The number of carbonyl (C=O) groups excluding carboxylic acids is 3. The number of esters is 2. The summed E-state index contributed by atoms with van der Waals surface area (Å²) in [5.41, 5.74) is 0.994. The molecule has 0 radical (unpaired) electrons. The van der Waals surface area contributed by atoms with E-state index in [0.29, 0.717) is 32.0 Å². The van der Waals surface area contributed by atoms with Crippen molar-refractivity contribution in [2.75, 3.05) is 40.8 Å². The Hall–Kier alpha value is -3.90. The maximum absolute atomic E-state index is 13.5. The Morgan fingerprint density at radius 2 is 1.84 bits per heavy atom. The van der Waals surface area contributed by atoms with Gasteiger partial charge >= 0.3 is 11.9 Å². The fraction of sp³-hybridized carbons (Fsp3) is 0.576. The highest BCUT2D eigenvalue weighted by atomic mass is 16.7. The molecule has 1 aliphatic heterocycles. The average Bonchev–Trinajstić information content (AvgIpc) is 3.07. The smallest absolute Gasteiger partial charge is 0.334 e. The van der Waals surface area contributed by atoms with Crippen LogP contribution in [0.4, 0.5) is 0 Å². The standard InChI is InChI=1S/C33H46N2O10/c1-7-41-19-28(36)43-20-44-31-27(40-6)15-16-34-29(31)32(37)35-26-10-8-9-24(17-23-11-13-25(39-5)14-12-23)30(42-18-21(2)3)22(4)45-33(26)38/h11-16,21-22,24,26,30H,7-10,17-20H2,1-6H3,(H,35,37). The van der Waals surface area contributed by atoms with E-state index >= 15 is 0 Å². The number of methoxy groups -OCH3 is 2. The highest BCUT2D eigenvalue weighted by Gasteiger charge is 2.36. The van der Waals surface area contributed by atoms with Crippen LogP contribution in [0.2, 0.25) is 0 Å². The van der Waals surface area contributed by atoms with Crippen molar-refractivity contribution in [1.29, 1.82) is 0 Å². The molecule has 0 saturated carbocycles. The molecule has 3 rings (SSSR count). The third kappa shape index (κ3) is 10.9. The summed E-state index contributed by atoms with van der Waals surface area (Å²) in [5, 5.41) is 2.77. The van der Waals surface area contributed by atoms with E-state index in [1.165, 1.54) is 19.4 Å². The Kier molecular flexibility index (Phi) is 14.4. The van der Waals surface area contributed by atoms with E-state index in [2.05, 4.69) is 24.1 Å².